The van der Waals surface area contributed by atoms with Gasteiger partial charge in [0, 0.05) is 17.2 Å². The fraction of sp³-hybridized carbons (Fsp3) is 0. The molecule has 2 aromatic rings. The number of nitrogen functional groups attached to an aromatic ring is 1. The number of nitro groups is 1. The van der Waals surface area contributed by atoms with E-state index in [2.05, 4.69) is 0 Å². The monoisotopic (exact) mass is 264 g/mol. The zero-order valence-corrected chi connectivity index (χ0v) is 9.92. The maximum atomic E-state index is 10.6. The lowest BCUT2D eigenvalue weighted by molar-refractivity contribution is -0.383. The Bertz CT molecular complexity index is 602. The fourth-order valence-electron chi connectivity index (χ4n) is 1.43. The van der Waals surface area contributed by atoms with E-state index in [9.17, 15) is 10.1 Å². The molecule has 0 aromatic heterocycles. The molecular weight excluding hydrogens is 256 g/mol. The topological polar surface area (TPSA) is 78.4 Å². The molecule has 92 valence electrons. The van der Waals surface area contributed by atoms with Crippen molar-refractivity contribution >= 4 is 23.0 Å². The van der Waals surface area contributed by atoms with Crippen LogP contribution in [0.1, 0.15) is 0 Å². The van der Waals surface area contributed by atoms with Crippen molar-refractivity contribution in [3.8, 4) is 11.5 Å². The molecule has 2 aromatic carbocycles. The maximum absolute atomic E-state index is 10.6. The van der Waals surface area contributed by atoms with Gasteiger partial charge in [0.25, 0.3) is 5.69 Å². The van der Waals surface area contributed by atoms with E-state index >= 15 is 0 Å². The third-order valence-electron chi connectivity index (χ3n) is 2.23. The minimum absolute atomic E-state index is 0.0551. The van der Waals surface area contributed by atoms with Gasteiger partial charge in [-0.25, -0.2) is 0 Å². The molecule has 0 radical (unpaired) electrons. The summed E-state index contributed by atoms with van der Waals surface area (Å²) >= 11 is 5.82. The molecule has 0 bridgehead atoms. The number of ether oxygens (including phenoxy) is 1. The second-order valence-electron chi connectivity index (χ2n) is 3.54. The van der Waals surface area contributed by atoms with Gasteiger partial charge in [-0.2, -0.15) is 0 Å². The molecule has 0 heterocycles. The molecule has 2 rings (SSSR count). The molecule has 0 unspecified atom stereocenters. The number of hydrogen-bond donors (Lipinski definition) is 1. The number of nitrogens with zero attached hydrogens (tertiary/aromatic N) is 1. The zero-order chi connectivity index (χ0) is 13.1. The van der Waals surface area contributed by atoms with Crippen molar-refractivity contribution in [3.05, 3.63) is 57.6 Å². The number of benzene rings is 2. The van der Waals surface area contributed by atoms with E-state index in [0.717, 1.165) is 0 Å². The summed E-state index contributed by atoms with van der Waals surface area (Å²) in [5.41, 5.74) is 5.47. The number of rotatable bonds is 3. The number of nitro benzene ring substituents is 1. The summed E-state index contributed by atoms with van der Waals surface area (Å²) in [6, 6.07) is 11.0. The van der Waals surface area contributed by atoms with E-state index in [0.29, 0.717) is 16.5 Å². The largest absolute Gasteiger partial charge is 0.457 e. The van der Waals surface area contributed by atoms with Gasteiger partial charge in [-0.15, -0.1) is 0 Å². The van der Waals surface area contributed by atoms with Crippen LogP contribution in [0.15, 0.2) is 42.5 Å². The Balaban J connectivity index is 2.25. The molecule has 0 spiro atoms. The van der Waals surface area contributed by atoms with Crippen molar-refractivity contribution in [2.75, 3.05) is 5.73 Å². The molecule has 0 amide bonds. The first-order valence-corrected chi connectivity index (χ1v) is 5.41. The lowest BCUT2D eigenvalue weighted by Crippen LogP contribution is -1.95. The van der Waals surface area contributed by atoms with Crippen LogP contribution in [0, 0.1) is 10.1 Å². The zero-order valence-electron chi connectivity index (χ0n) is 9.17. The predicted molar refractivity (Wildman–Crippen MR) is 69.0 cm³/mol. The minimum Gasteiger partial charge on any atom is -0.457 e. The molecule has 0 aliphatic heterocycles. The normalized spacial score (nSPS) is 10.1. The number of hydrogen-bond acceptors (Lipinski definition) is 4. The third-order valence-corrected chi connectivity index (χ3v) is 2.46. The fourth-order valence-corrected chi connectivity index (χ4v) is 1.61. The first-order valence-electron chi connectivity index (χ1n) is 5.03. The van der Waals surface area contributed by atoms with Crippen molar-refractivity contribution in [1.82, 2.24) is 0 Å². The van der Waals surface area contributed by atoms with Crippen LogP contribution in [0.5, 0.6) is 11.5 Å². The van der Waals surface area contributed by atoms with E-state index in [1.54, 1.807) is 24.3 Å². The van der Waals surface area contributed by atoms with E-state index in [-0.39, 0.29) is 11.4 Å². The Morgan fingerprint density at radius 1 is 1.17 bits per heavy atom. The Morgan fingerprint density at radius 3 is 2.50 bits per heavy atom. The van der Waals surface area contributed by atoms with Crippen LogP contribution >= 0.6 is 11.6 Å². The molecule has 18 heavy (non-hydrogen) atoms. The molecule has 2 N–H and O–H groups in total. The Hall–Kier alpha value is -2.27. The van der Waals surface area contributed by atoms with Gasteiger partial charge < -0.3 is 10.5 Å². The predicted octanol–water partition coefficient (Wildman–Crippen LogP) is 3.62. The average molecular weight is 265 g/mol. The lowest BCUT2D eigenvalue weighted by Gasteiger charge is -2.06. The van der Waals surface area contributed by atoms with Crippen LogP contribution in [-0.4, -0.2) is 4.92 Å². The maximum Gasteiger partial charge on any atom is 0.292 e. The Morgan fingerprint density at radius 2 is 1.89 bits per heavy atom. The number of halogens is 1. The second kappa shape index (κ2) is 4.93. The van der Waals surface area contributed by atoms with Crippen LogP contribution < -0.4 is 10.5 Å². The highest BCUT2D eigenvalue weighted by molar-refractivity contribution is 6.30. The van der Waals surface area contributed by atoms with Gasteiger partial charge in [0.2, 0.25) is 0 Å². The van der Waals surface area contributed by atoms with Gasteiger partial charge >= 0.3 is 0 Å². The SMILES string of the molecule is Nc1cc(Oc2cccc(Cl)c2)ccc1[N+](=O)[O-]. The molecule has 0 fully saturated rings. The number of nitrogens with two attached hydrogens (primary N) is 1. The molecular formula is C12H9ClN2O3. The van der Waals surface area contributed by atoms with E-state index in [1.165, 1.54) is 18.2 Å². The molecule has 6 heteroatoms. The highest BCUT2D eigenvalue weighted by Crippen LogP contribution is 2.29. The molecule has 0 aliphatic carbocycles. The van der Waals surface area contributed by atoms with Gasteiger partial charge in [-0.1, -0.05) is 17.7 Å². The summed E-state index contributed by atoms with van der Waals surface area (Å²) in [7, 11) is 0. The van der Waals surface area contributed by atoms with Crippen molar-refractivity contribution in [2.24, 2.45) is 0 Å². The summed E-state index contributed by atoms with van der Waals surface area (Å²) < 4.78 is 5.49. The average Bonchev–Trinajstić information content (AvgIpc) is 2.28. The molecule has 0 aliphatic rings. The minimum atomic E-state index is -0.543. The first kappa shape index (κ1) is 12.2. The summed E-state index contributed by atoms with van der Waals surface area (Å²) in [6.07, 6.45) is 0. The highest BCUT2D eigenvalue weighted by Gasteiger charge is 2.11. The second-order valence-corrected chi connectivity index (χ2v) is 3.97. The molecule has 0 saturated heterocycles. The lowest BCUT2D eigenvalue weighted by atomic mass is 10.2. The van der Waals surface area contributed by atoms with Crippen LogP contribution in [0.3, 0.4) is 0 Å². The van der Waals surface area contributed by atoms with E-state index in [1.807, 2.05) is 0 Å². The van der Waals surface area contributed by atoms with Crippen LogP contribution in [0.2, 0.25) is 5.02 Å². The van der Waals surface area contributed by atoms with Crippen molar-refractivity contribution < 1.29 is 9.66 Å². The standard InChI is InChI=1S/C12H9ClN2O3/c13-8-2-1-3-9(6-8)18-10-4-5-12(15(16)17)11(14)7-10/h1-7H,14H2. The quantitative estimate of drug-likeness (QED) is 0.522. The van der Waals surface area contributed by atoms with Gasteiger partial charge in [0.1, 0.15) is 17.2 Å². The van der Waals surface area contributed by atoms with Crippen molar-refractivity contribution in [3.63, 3.8) is 0 Å². The van der Waals surface area contributed by atoms with E-state index < -0.39 is 4.92 Å². The molecule has 0 atom stereocenters. The van der Waals surface area contributed by atoms with Crippen LogP contribution in [0.25, 0.3) is 0 Å². The third kappa shape index (κ3) is 2.70. The number of anilines is 1. The smallest absolute Gasteiger partial charge is 0.292 e. The summed E-state index contributed by atoms with van der Waals surface area (Å²) in [6.45, 7) is 0. The van der Waals surface area contributed by atoms with Crippen LogP contribution in [0.4, 0.5) is 11.4 Å². The van der Waals surface area contributed by atoms with Crippen molar-refractivity contribution in [2.45, 2.75) is 0 Å². The summed E-state index contributed by atoms with van der Waals surface area (Å²) in [4.78, 5) is 10.1. The summed E-state index contributed by atoms with van der Waals surface area (Å²) in [5, 5.41) is 11.1. The summed E-state index contributed by atoms with van der Waals surface area (Å²) in [5.74, 6) is 0.955. The highest BCUT2D eigenvalue weighted by atomic mass is 35.5. The van der Waals surface area contributed by atoms with Gasteiger partial charge in [-0.05, 0) is 24.3 Å². The Labute approximate surface area is 108 Å². The van der Waals surface area contributed by atoms with E-state index in [4.69, 9.17) is 22.1 Å². The Kier molecular flexibility index (Phi) is 3.34. The molecule has 5 nitrogen and oxygen atoms in total. The van der Waals surface area contributed by atoms with Crippen molar-refractivity contribution in [1.29, 1.82) is 0 Å². The van der Waals surface area contributed by atoms with Gasteiger partial charge in [0.05, 0.1) is 4.92 Å². The van der Waals surface area contributed by atoms with Gasteiger partial charge in [0.15, 0.2) is 0 Å². The van der Waals surface area contributed by atoms with Gasteiger partial charge in [-0.3, -0.25) is 10.1 Å². The first-order chi connectivity index (χ1) is 8.56. The van der Waals surface area contributed by atoms with Crippen LogP contribution in [-0.2, 0) is 0 Å². The molecule has 0 saturated carbocycles.